The summed E-state index contributed by atoms with van der Waals surface area (Å²) in [4.78, 5) is 0. The van der Waals surface area contributed by atoms with Gasteiger partial charge in [0.2, 0.25) is 0 Å². The molecule has 19 heavy (non-hydrogen) atoms. The van der Waals surface area contributed by atoms with Crippen LogP contribution < -0.4 is 0 Å². The van der Waals surface area contributed by atoms with E-state index in [2.05, 4.69) is 0 Å². The number of hydrogen-bond donors (Lipinski definition) is 0. The van der Waals surface area contributed by atoms with Gasteiger partial charge in [-0.1, -0.05) is 6.08 Å². The fourth-order valence-corrected chi connectivity index (χ4v) is 3.09. The summed E-state index contributed by atoms with van der Waals surface area (Å²) in [5, 5.41) is 0. The van der Waals surface area contributed by atoms with E-state index in [0.29, 0.717) is 19.3 Å². The van der Waals surface area contributed by atoms with Gasteiger partial charge < -0.3 is 9.31 Å². The molecule has 2 atom stereocenters. The Hall–Kier alpha value is -0.415. The van der Waals surface area contributed by atoms with Gasteiger partial charge in [-0.25, -0.2) is 8.78 Å². The van der Waals surface area contributed by atoms with Crippen molar-refractivity contribution in [2.24, 2.45) is 11.8 Å². The van der Waals surface area contributed by atoms with E-state index in [1.165, 1.54) is 0 Å². The standard InChI is InChI=1S/C14H21BF2O2/c1-12(2)13(3,4)19-15(18-12)9-5-7-10-11(8-6-9)14(10,16)17/h5,10-11H,6-8H2,1-4H3. The molecule has 1 aliphatic heterocycles. The largest absolute Gasteiger partial charge is 0.490 e. The second kappa shape index (κ2) is 3.82. The molecule has 3 rings (SSSR count). The van der Waals surface area contributed by atoms with Crippen molar-refractivity contribution in [3.05, 3.63) is 11.5 Å². The van der Waals surface area contributed by atoms with E-state index < -0.39 is 17.8 Å². The lowest BCUT2D eigenvalue weighted by atomic mass is 9.75. The molecule has 0 radical (unpaired) electrons. The van der Waals surface area contributed by atoms with Crippen LogP contribution in [0.4, 0.5) is 8.78 Å². The molecule has 0 N–H and O–H groups in total. The third kappa shape index (κ3) is 1.97. The molecule has 2 fully saturated rings. The zero-order valence-electron chi connectivity index (χ0n) is 12.0. The molecular weight excluding hydrogens is 249 g/mol. The number of allylic oxidation sites excluding steroid dienone is 2. The molecule has 0 spiro atoms. The molecule has 0 aromatic carbocycles. The Morgan fingerprint density at radius 1 is 1.11 bits per heavy atom. The first-order valence-corrected chi connectivity index (χ1v) is 7.07. The zero-order chi connectivity index (χ0) is 14.1. The number of fused-ring (bicyclic) bond motifs is 1. The summed E-state index contributed by atoms with van der Waals surface area (Å²) in [5.41, 5.74) is 0.316. The Morgan fingerprint density at radius 3 is 2.26 bits per heavy atom. The average molecular weight is 270 g/mol. The molecule has 2 unspecified atom stereocenters. The number of hydrogen-bond acceptors (Lipinski definition) is 2. The van der Waals surface area contributed by atoms with Gasteiger partial charge in [0, 0.05) is 11.8 Å². The summed E-state index contributed by atoms with van der Waals surface area (Å²) < 4.78 is 38.6. The minimum Gasteiger partial charge on any atom is -0.400 e. The molecule has 1 saturated carbocycles. The quantitative estimate of drug-likeness (QED) is 0.678. The van der Waals surface area contributed by atoms with Gasteiger partial charge in [0.1, 0.15) is 0 Å². The molecule has 0 aromatic heterocycles. The van der Waals surface area contributed by atoms with Crippen molar-refractivity contribution in [3.63, 3.8) is 0 Å². The van der Waals surface area contributed by atoms with E-state index in [-0.39, 0.29) is 18.3 Å². The highest BCUT2D eigenvalue weighted by molar-refractivity contribution is 6.54. The van der Waals surface area contributed by atoms with E-state index in [1.807, 2.05) is 33.8 Å². The number of halogens is 2. The number of rotatable bonds is 1. The van der Waals surface area contributed by atoms with Crippen molar-refractivity contribution in [1.82, 2.24) is 0 Å². The first-order valence-electron chi connectivity index (χ1n) is 7.07. The van der Waals surface area contributed by atoms with E-state index in [9.17, 15) is 8.78 Å². The van der Waals surface area contributed by atoms with Crippen molar-refractivity contribution in [1.29, 1.82) is 0 Å². The fourth-order valence-electron chi connectivity index (χ4n) is 3.09. The van der Waals surface area contributed by atoms with Crippen molar-refractivity contribution in [2.45, 2.75) is 64.1 Å². The van der Waals surface area contributed by atoms with Gasteiger partial charge in [0.25, 0.3) is 5.92 Å². The third-order valence-electron chi connectivity index (χ3n) is 5.30. The van der Waals surface area contributed by atoms with Gasteiger partial charge >= 0.3 is 7.12 Å². The summed E-state index contributed by atoms with van der Waals surface area (Å²) >= 11 is 0. The lowest BCUT2D eigenvalue weighted by Gasteiger charge is -2.32. The molecule has 2 nitrogen and oxygen atoms in total. The first kappa shape index (κ1) is 13.6. The second-order valence-corrected chi connectivity index (χ2v) is 7.03. The van der Waals surface area contributed by atoms with Crippen LogP contribution in [0.5, 0.6) is 0 Å². The van der Waals surface area contributed by atoms with E-state index in [4.69, 9.17) is 9.31 Å². The van der Waals surface area contributed by atoms with Crippen molar-refractivity contribution < 1.29 is 18.1 Å². The molecule has 2 aliphatic carbocycles. The van der Waals surface area contributed by atoms with Gasteiger partial charge in [-0.3, -0.25) is 0 Å². The minimum absolute atomic E-state index is 0.363. The van der Waals surface area contributed by atoms with Crippen LogP contribution in [-0.4, -0.2) is 24.2 Å². The van der Waals surface area contributed by atoms with Gasteiger partial charge in [-0.15, -0.1) is 0 Å². The summed E-state index contributed by atoms with van der Waals surface area (Å²) in [6, 6.07) is 0. The number of alkyl halides is 2. The van der Waals surface area contributed by atoms with Crippen LogP contribution in [0.3, 0.4) is 0 Å². The summed E-state index contributed by atoms with van der Waals surface area (Å²) in [6.07, 6.45) is 3.59. The second-order valence-electron chi connectivity index (χ2n) is 7.03. The van der Waals surface area contributed by atoms with Crippen molar-refractivity contribution >= 4 is 7.12 Å². The third-order valence-corrected chi connectivity index (χ3v) is 5.30. The van der Waals surface area contributed by atoms with Crippen LogP contribution in [0.15, 0.2) is 11.5 Å². The molecular formula is C14H21BF2O2. The lowest BCUT2D eigenvalue weighted by Crippen LogP contribution is -2.41. The maximum atomic E-state index is 13.3. The highest BCUT2D eigenvalue weighted by Gasteiger charge is 2.67. The predicted octanol–water partition coefficient (Wildman–Crippen LogP) is 3.61. The molecule has 0 amide bonds. The maximum Gasteiger partial charge on any atom is 0.490 e. The maximum absolute atomic E-state index is 13.3. The van der Waals surface area contributed by atoms with Crippen LogP contribution >= 0.6 is 0 Å². The van der Waals surface area contributed by atoms with E-state index >= 15 is 0 Å². The molecule has 0 aromatic rings. The summed E-state index contributed by atoms with van der Waals surface area (Å²) in [6.45, 7) is 8.04. The van der Waals surface area contributed by atoms with Crippen LogP contribution in [0.25, 0.3) is 0 Å². The van der Waals surface area contributed by atoms with E-state index in [0.717, 1.165) is 5.47 Å². The zero-order valence-corrected chi connectivity index (χ0v) is 12.0. The SMILES string of the molecule is CC1(C)OB(C2=CCC3C(CC2)C3(F)F)OC1(C)C. The fraction of sp³-hybridized carbons (Fsp3) is 0.857. The summed E-state index contributed by atoms with van der Waals surface area (Å²) in [7, 11) is -0.365. The highest BCUT2D eigenvalue weighted by Crippen LogP contribution is 2.61. The molecule has 3 aliphatic rings. The Balaban J connectivity index is 1.72. The Kier molecular flexibility index (Phi) is 2.73. The summed E-state index contributed by atoms with van der Waals surface area (Å²) in [5.74, 6) is -3.31. The van der Waals surface area contributed by atoms with Crippen LogP contribution in [0.2, 0.25) is 0 Å². The van der Waals surface area contributed by atoms with Gasteiger partial charge in [0.15, 0.2) is 0 Å². The molecule has 1 saturated heterocycles. The molecule has 5 heteroatoms. The van der Waals surface area contributed by atoms with Gasteiger partial charge in [0.05, 0.1) is 11.2 Å². The van der Waals surface area contributed by atoms with E-state index in [1.54, 1.807) is 0 Å². The predicted molar refractivity (Wildman–Crippen MR) is 69.9 cm³/mol. The molecule has 1 heterocycles. The topological polar surface area (TPSA) is 18.5 Å². The Bertz CT molecular complexity index is 415. The van der Waals surface area contributed by atoms with Crippen LogP contribution in [0, 0.1) is 11.8 Å². The minimum atomic E-state index is -2.43. The van der Waals surface area contributed by atoms with Gasteiger partial charge in [-0.2, -0.15) is 0 Å². The monoisotopic (exact) mass is 270 g/mol. The Labute approximate surface area is 113 Å². The van der Waals surface area contributed by atoms with Crippen LogP contribution in [0.1, 0.15) is 47.0 Å². The smallest absolute Gasteiger partial charge is 0.400 e. The lowest BCUT2D eigenvalue weighted by molar-refractivity contribution is 0.00578. The molecule has 0 bridgehead atoms. The van der Waals surface area contributed by atoms with Crippen molar-refractivity contribution in [2.75, 3.05) is 0 Å². The average Bonchev–Trinajstić information content (AvgIpc) is 2.80. The first-order chi connectivity index (χ1) is 8.65. The molecule has 106 valence electrons. The highest BCUT2D eigenvalue weighted by atomic mass is 19.3. The van der Waals surface area contributed by atoms with Crippen molar-refractivity contribution in [3.8, 4) is 0 Å². The van der Waals surface area contributed by atoms with Crippen LogP contribution in [-0.2, 0) is 9.31 Å². The normalized spacial score (nSPS) is 38.4. The van der Waals surface area contributed by atoms with Gasteiger partial charge in [-0.05, 0) is 52.4 Å². The Morgan fingerprint density at radius 2 is 1.68 bits per heavy atom.